The topological polar surface area (TPSA) is 55.6 Å². The Morgan fingerprint density at radius 3 is 2.52 bits per heavy atom. The first-order chi connectivity index (χ1) is 10.1. The Kier molecular flexibility index (Phi) is 5.31. The van der Waals surface area contributed by atoms with E-state index in [2.05, 4.69) is 0 Å². The highest BCUT2D eigenvalue weighted by Crippen LogP contribution is 2.49. The molecule has 1 aliphatic carbocycles. The van der Waals surface area contributed by atoms with E-state index in [9.17, 15) is 4.79 Å². The van der Waals surface area contributed by atoms with Gasteiger partial charge in [0, 0.05) is 26.6 Å². The second-order valence-corrected chi connectivity index (χ2v) is 5.97. The molecule has 1 fully saturated rings. The molecular formula is C16H22N2O2S. The average Bonchev–Trinajstić information content (AvgIpc) is 3.29. The first kappa shape index (κ1) is 15.9. The highest BCUT2D eigenvalue weighted by Gasteiger charge is 2.52. The molecule has 0 radical (unpaired) electrons. The first-order valence-corrected chi connectivity index (χ1v) is 7.63. The molecule has 0 bridgehead atoms. The van der Waals surface area contributed by atoms with Crippen molar-refractivity contribution in [2.45, 2.75) is 24.7 Å². The van der Waals surface area contributed by atoms with Crippen LogP contribution in [0.4, 0.5) is 0 Å². The normalized spacial score (nSPS) is 15.5. The van der Waals surface area contributed by atoms with Gasteiger partial charge in [-0.3, -0.25) is 4.79 Å². The van der Waals surface area contributed by atoms with E-state index >= 15 is 0 Å². The number of nitrogens with two attached hydrogens (primary N) is 1. The van der Waals surface area contributed by atoms with Crippen molar-refractivity contribution in [1.29, 1.82) is 0 Å². The molecule has 1 amide bonds. The fourth-order valence-electron chi connectivity index (χ4n) is 2.57. The molecular weight excluding hydrogens is 284 g/mol. The summed E-state index contributed by atoms with van der Waals surface area (Å²) in [6.07, 6.45) is 2.37. The van der Waals surface area contributed by atoms with Crippen LogP contribution in [0.25, 0.3) is 0 Å². The zero-order valence-corrected chi connectivity index (χ0v) is 13.2. The maximum Gasteiger partial charge on any atom is 0.233 e. The number of rotatable bonds is 8. The Morgan fingerprint density at radius 1 is 1.33 bits per heavy atom. The summed E-state index contributed by atoms with van der Waals surface area (Å²) in [7, 11) is 1.64. The average molecular weight is 306 g/mol. The number of amides is 1. The number of carbonyl (C=O) groups is 1. The van der Waals surface area contributed by atoms with E-state index in [1.807, 2.05) is 35.2 Å². The highest BCUT2D eigenvalue weighted by molar-refractivity contribution is 7.80. The molecule has 0 spiro atoms. The minimum Gasteiger partial charge on any atom is -0.393 e. The SMILES string of the molecule is COCCN(CCC(N)=S)C(=O)C1(c2ccccc2)CC1. The molecule has 0 aromatic heterocycles. The molecule has 4 nitrogen and oxygen atoms in total. The zero-order valence-electron chi connectivity index (χ0n) is 12.4. The van der Waals surface area contributed by atoms with Crippen molar-refractivity contribution in [3.63, 3.8) is 0 Å². The van der Waals surface area contributed by atoms with Gasteiger partial charge >= 0.3 is 0 Å². The smallest absolute Gasteiger partial charge is 0.233 e. The Balaban J connectivity index is 2.11. The van der Waals surface area contributed by atoms with Crippen LogP contribution in [0.1, 0.15) is 24.8 Å². The van der Waals surface area contributed by atoms with Gasteiger partial charge in [-0.2, -0.15) is 0 Å². The number of benzene rings is 1. The predicted molar refractivity (Wildman–Crippen MR) is 87.2 cm³/mol. The number of ether oxygens (including phenoxy) is 1. The second-order valence-electron chi connectivity index (χ2n) is 5.45. The Hall–Kier alpha value is -1.46. The molecule has 5 heteroatoms. The van der Waals surface area contributed by atoms with Crippen LogP contribution < -0.4 is 5.73 Å². The van der Waals surface area contributed by atoms with Gasteiger partial charge in [-0.25, -0.2) is 0 Å². The minimum absolute atomic E-state index is 0.169. The van der Waals surface area contributed by atoms with Crippen molar-refractivity contribution in [3.8, 4) is 0 Å². The highest BCUT2D eigenvalue weighted by atomic mass is 32.1. The third kappa shape index (κ3) is 3.80. The van der Waals surface area contributed by atoms with Crippen LogP contribution in [0.3, 0.4) is 0 Å². The lowest BCUT2D eigenvalue weighted by Gasteiger charge is -2.27. The number of methoxy groups -OCH3 is 1. The predicted octanol–water partition coefficient (Wildman–Crippen LogP) is 1.87. The maximum absolute atomic E-state index is 12.9. The van der Waals surface area contributed by atoms with E-state index < -0.39 is 0 Å². The van der Waals surface area contributed by atoms with Gasteiger partial charge in [0.1, 0.15) is 0 Å². The molecule has 0 unspecified atom stereocenters. The standard InChI is InChI=1S/C16H22N2O2S/c1-20-12-11-18(10-7-14(17)21)15(19)16(8-9-16)13-5-3-2-4-6-13/h2-6H,7-12H2,1H3,(H2,17,21). The van der Waals surface area contributed by atoms with Crippen molar-refractivity contribution in [1.82, 2.24) is 4.90 Å². The maximum atomic E-state index is 12.9. The summed E-state index contributed by atoms with van der Waals surface area (Å²) in [6, 6.07) is 10.0. The molecule has 1 aliphatic rings. The molecule has 1 aromatic rings. The van der Waals surface area contributed by atoms with Crippen LogP contribution in [0, 0.1) is 0 Å². The Morgan fingerprint density at radius 2 is 2.00 bits per heavy atom. The minimum atomic E-state index is -0.342. The van der Waals surface area contributed by atoms with E-state index in [0.717, 1.165) is 18.4 Å². The van der Waals surface area contributed by atoms with Gasteiger partial charge < -0.3 is 15.4 Å². The number of carbonyl (C=O) groups excluding carboxylic acids is 1. The van der Waals surface area contributed by atoms with Gasteiger partial charge in [-0.05, 0) is 18.4 Å². The Labute approximate surface area is 131 Å². The van der Waals surface area contributed by atoms with Crippen LogP contribution in [0.5, 0.6) is 0 Å². The Bertz CT molecular complexity index is 500. The van der Waals surface area contributed by atoms with Crippen molar-refractivity contribution in [2.75, 3.05) is 26.8 Å². The summed E-state index contributed by atoms with van der Waals surface area (Å²) in [5, 5.41) is 0. The summed E-state index contributed by atoms with van der Waals surface area (Å²) < 4.78 is 5.11. The molecule has 1 saturated carbocycles. The number of hydrogen-bond donors (Lipinski definition) is 1. The fraction of sp³-hybridized carbons (Fsp3) is 0.500. The molecule has 21 heavy (non-hydrogen) atoms. The van der Waals surface area contributed by atoms with Crippen LogP contribution >= 0.6 is 12.2 Å². The lowest BCUT2D eigenvalue weighted by Crippen LogP contribution is -2.42. The molecule has 0 heterocycles. The fourth-order valence-corrected chi connectivity index (χ4v) is 2.66. The number of hydrogen-bond acceptors (Lipinski definition) is 3. The lowest BCUT2D eigenvalue weighted by molar-refractivity contribution is -0.134. The van der Waals surface area contributed by atoms with E-state index in [1.165, 1.54) is 0 Å². The summed E-state index contributed by atoms with van der Waals surface area (Å²) in [4.78, 5) is 15.2. The van der Waals surface area contributed by atoms with Crippen LogP contribution in [0.15, 0.2) is 30.3 Å². The third-order valence-corrected chi connectivity index (χ3v) is 4.17. The monoisotopic (exact) mass is 306 g/mol. The lowest BCUT2D eigenvalue weighted by atomic mass is 9.94. The molecule has 0 aliphatic heterocycles. The quantitative estimate of drug-likeness (QED) is 0.745. The summed E-state index contributed by atoms with van der Waals surface area (Å²) in [5.41, 5.74) is 6.33. The van der Waals surface area contributed by atoms with Crippen molar-refractivity contribution < 1.29 is 9.53 Å². The second kappa shape index (κ2) is 7.00. The largest absolute Gasteiger partial charge is 0.393 e. The number of nitrogens with zero attached hydrogens (tertiary/aromatic N) is 1. The molecule has 114 valence electrons. The van der Waals surface area contributed by atoms with Crippen molar-refractivity contribution in [2.24, 2.45) is 5.73 Å². The van der Waals surface area contributed by atoms with Gasteiger partial charge in [0.2, 0.25) is 5.91 Å². The van der Waals surface area contributed by atoms with Crippen LogP contribution in [-0.2, 0) is 14.9 Å². The van der Waals surface area contributed by atoms with Gasteiger partial charge in [-0.15, -0.1) is 0 Å². The first-order valence-electron chi connectivity index (χ1n) is 7.22. The van der Waals surface area contributed by atoms with Gasteiger partial charge in [-0.1, -0.05) is 42.5 Å². The molecule has 0 saturated heterocycles. The van der Waals surface area contributed by atoms with E-state index in [1.54, 1.807) is 7.11 Å². The number of thiocarbonyl (C=S) groups is 1. The summed E-state index contributed by atoms with van der Waals surface area (Å²) in [5.74, 6) is 0.169. The van der Waals surface area contributed by atoms with Gasteiger partial charge in [0.25, 0.3) is 0 Å². The van der Waals surface area contributed by atoms with E-state index in [4.69, 9.17) is 22.7 Å². The zero-order chi connectivity index (χ0) is 15.3. The van der Waals surface area contributed by atoms with Crippen molar-refractivity contribution >= 4 is 23.1 Å². The summed E-state index contributed by atoms with van der Waals surface area (Å²) >= 11 is 4.92. The molecule has 2 rings (SSSR count). The molecule has 0 atom stereocenters. The van der Waals surface area contributed by atoms with E-state index in [-0.39, 0.29) is 11.3 Å². The van der Waals surface area contributed by atoms with Crippen LogP contribution in [-0.4, -0.2) is 42.6 Å². The van der Waals surface area contributed by atoms with Crippen molar-refractivity contribution in [3.05, 3.63) is 35.9 Å². The van der Waals surface area contributed by atoms with Gasteiger partial charge in [0.15, 0.2) is 0 Å². The third-order valence-electron chi connectivity index (χ3n) is 3.97. The van der Waals surface area contributed by atoms with Crippen LogP contribution in [0.2, 0.25) is 0 Å². The molecule has 2 N–H and O–H groups in total. The summed E-state index contributed by atoms with van der Waals surface area (Å²) in [6.45, 7) is 1.66. The molecule has 1 aromatic carbocycles. The van der Waals surface area contributed by atoms with Gasteiger partial charge in [0.05, 0.1) is 17.0 Å². The van der Waals surface area contributed by atoms with E-state index in [0.29, 0.717) is 31.1 Å².